The van der Waals surface area contributed by atoms with Crippen molar-refractivity contribution >= 4 is 16.7 Å². The summed E-state index contributed by atoms with van der Waals surface area (Å²) in [5.41, 5.74) is -0.943. The zero-order chi connectivity index (χ0) is 18.8. The summed E-state index contributed by atoms with van der Waals surface area (Å²) in [5, 5.41) is 15.5. The Labute approximate surface area is 148 Å². The summed E-state index contributed by atoms with van der Waals surface area (Å²) in [7, 11) is 0. The van der Waals surface area contributed by atoms with Crippen molar-refractivity contribution < 1.29 is 9.90 Å². The van der Waals surface area contributed by atoms with Crippen molar-refractivity contribution in [2.75, 3.05) is 13.1 Å². The fourth-order valence-electron chi connectivity index (χ4n) is 2.81. The second-order valence-electron chi connectivity index (χ2n) is 7.41. The molecule has 6 heteroatoms. The van der Waals surface area contributed by atoms with E-state index in [0.717, 1.165) is 0 Å². The van der Waals surface area contributed by atoms with Gasteiger partial charge in [-0.2, -0.15) is 5.10 Å². The predicted molar refractivity (Wildman–Crippen MR) is 98.7 cm³/mol. The first-order chi connectivity index (χ1) is 11.6. The molecule has 1 amide bonds. The third kappa shape index (κ3) is 4.45. The van der Waals surface area contributed by atoms with Crippen LogP contribution in [0.25, 0.3) is 10.8 Å². The first-order valence-corrected chi connectivity index (χ1v) is 8.65. The maximum Gasteiger partial charge on any atom is 0.275 e. The van der Waals surface area contributed by atoms with Crippen molar-refractivity contribution in [1.29, 1.82) is 0 Å². The minimum Gasteiger partial charge on any atom is -0.389 e. The highest BCUT2D eigenvalue weighted by Gasteiger charge is 2.25. The number of benzene rings is 1. The first kappa shape index (κ1) is 19.1. The monoisotopic (exact) mass is 345 g/mol. The van der Waals surface area contributed by atoms with Crippen LogP contribution in [0, 0.1) is 5.92 Å². The van der Waals surface area contributed by atoms with E-state index in [0.29, 0.717) is 23.9 Å². The number of aliphatic hydroxyl groups is 1. The highest BCUT2D eigenvalue weighted by atomic mass is 16.3. The van der Waals surface area contributed by atoms with Crippen LogP contribution in [-0.4, -0.2) is 44.4 Å². The van der Waals surface area contributed by atoms with E-state index >= 15 is 0 Å². The van der Waals surface area contributed by atoms with Gasteiger partial charge in [-0.05, 0) is 32.8 Å². The van der Waals surface area contributed by atoms with Crippen LogP contribution in [0.1, 0.15) is 45.1 Å². The minimum absolute atomic E-state index is 0.189. The van der Waals surface area contributed by atoms with E-state index in [1.807, 2.05) is 20.8 Å². The molecular formula is C19H27N3O3. The number of fused-ring (bicyclic) bond motifs is 1. The second kappa shape index (κ2) is 7.35. The number of amides is 1. The lowest BCUT2D eigenvalue weighted by atomic mass is 10.1. The van der Waals surface area contributed by atoms with Gasteiger partial charge >= 0.3 is 0 Å². The van der Waals surface area contributed by atoms with E-state index in [-0.39, 0.29) is 29.6 Å². The van der Waals surface area contributed by atoms with Crippen LogP contribution in [0.2, 0.25) is 0 Å². The highest BCUT2D eigenvalue weighted by molar-refractivity contribution is 6.04. The average molecular weight is 345 g/mol. The molecule has 1 aromatic carbocycles. The number of hydrogen-bond donors (Lipinski definition) is 1. The number of carbonyl (C=O) groups excluding carboxylic acids is 1. The van der Waals surface area contributed by atoms with Gasteiger partial charge in [-0.1, -0.05) is 32.0 Å². The number of likely N-dealkylation sites (N-methyl/N-ethyl adjacent to an activating group) is 1. The molecule has 6 nitrogen and oxygen atoms in total. The summed E-state index contributed by atoms with van der Waals surface area (Å²) < 4.78 is 1.37. The van der Waals surface area contributed by atoms with E-state index < -0.39 is 5.60 Å². The van der Waals surface area contributed by atoms with Gasteiger partial charge in [0.05, 0.1) is 11.0 Å². The topological polar surface area (TPSA) is 75.4 Å². The van der Waals surface area contributed by atoms with Gasteiger partial charge in [-0.3, -0.25) is 9.59 Å². The lowest BCUT2D eigenvalue weighted by molar-refractivity contribution is 0.0311. The zero-order valence-electron chi connectivity index (χ0n) is 15.6. The maximum absolute atomic E-state index is 13.1. The third-order valence-electron chi connectivity index (χ3n) is 3.86. The number of hydrogen-bond acceptors (Lipinski definition) is 4. The van der Waals surface area contributed by atoms with Gasteiger partial charge in [0.2, 0.25) is 0 Å². The molecule has 0 saturated heterocycles. The Kier molecular flexibility index (Phi) is 5.62. The van der Waals surface area contributed by atoms with E-state index in [1.54, 1.807) is 43.0 Å². The minimum atomic E-state index is -1.01. The Bertz CT molecular complexity index is 819. The third-order valence-corrected chi connectivity index (χ3v) is 3.86. The van der Waals surface area contributed by atoms with Gasteiger partial charge in [0.15, 0.2) is 5.69 Å². The van der Waals surface area contributed by atoms with Crippen molar-refractivity contribution in [3.63, 3.8) is 0 Å². The van der Waals surface area contributed by atoms with Crippen LogP contribution in [0.5, 0.6) is 0 Å². The lowest BCUT2D eigenvalue weighted by Crippen LogP contribution is -2.43. The van der Waals surface area contributed by atoms with Gasteiger partial charge < -0.3 is 10.0 Å². The molecule has 0 atom stereocenters. The van der Waals surface area contributed by atoms with Crippen molar-refractivity contribution in [3.8, 4) is 0 Å². The molecule has 1 heterocycles. The first-order valence-electron chi connectivity index (χ1n) is 8.65. The molecule has 2 rings (SSSR count). The standard InChI is InChI=1S/C19H27N3O3/c1-6-21(12-19(4,5)25)18(24)16-14-9-7-8-10-15(14)17(23)22(20-16)11-13(2)3/h7-10,13,25H,6,11-12H2,1-5H3. The lowest BCUT2D eigenvalue weighted by Gasteiger charge is -2.28. The molecule has 0 aliphatic carbocycles. The molecule has 0 bridgehead atoms. The van der Waals surface area contributed by atoms with Crippen LogP contribution < -0.4 is 5.56 Å². The molecule has 1 aromatic heterocycles. The van der Waals surface area contributed by atoms with Gasteiger partial charge in [0.1, 0.15) is 0 Å². The number of carbonyl (C=O) groups is 1. The van der Waals surface area contributed by atoms with Crippen molar-refractivity contribution in [1.82, 2.24) is 14.7 Å². The quantitative estimate of drug-likeness (QED) is 0.871. The Morgan fingerprint density at radius 3 is 2.40 bits per heavy atom. The van der Waals surface area contributed by atoms with Crippen molar-refractivity contribution in [2.45, 2.75) is 46.8 Å². The molecule has 0 unspecified atom stereocenters. The largest absolute Gasteiger partial charge is 0.389 e. The molecule has 0 aliphatic heterocycles. The predicted octanol–water partition coefficient (Wildman–Crippen LogP) is 2.29. The number of rotatable bonds is 6. The summed E-state index contributed by atoms with van der Waals surface area (Å²) in [4.78, 5) is 27.3. The summed E-state index contributed by atoms with van der Waals surface area (Å²) in [6.45, 7) is 10.3. The average Bonchev–Trinajstić information content (AvgIpc) is 2.53. The van der Waals surface area contributed by atoms with E-state index in [2.05, 4.69) is 5.10 Å². The zero-order valence-corrected chi connectivity index (χ0v) is 15.6. The molecule has 0 aliphatic rings. The summed E-state index contributed by atoms with van der Waals surface area (Å²) in [6, 6.07) is 7.04. The van der Waals surface area contributed by atoms with Gasteiger partial charge in [0, 0.05) is 25.0 Å². The molecule has 136 valence electrons. The van der Waals surface area contributed by atoms with Gasteiger partial charge in [0.25, 0.3) is 11.5 Å². The van der Waals surface area contributed by atoms with E-state index in [9.17, 15) is 14.7 Å². The summed E-state index contributed by atoms with van der Waals surface area (Å²) >= 11 is 0. The van der Waals surface area contributed by atoms with Crippen molar-refractivity contribution in [2.24, 2.45) is 5.92 Å². The highest BCUT2D eigenvalue weighted by Crippen LogP contribution is 2.17. The Morgan fingerprint density at radius 1 is 1.28 bits per heavy atom. The maximum atomic E-state index is 13.1. The Balaban J connectivity index is 2.61. The van der Waals surface area contributed by atoms with Gasteiger partial charge in [-0.25, -0.2) is 4.68 Å². The summed E-state index contributed by atoms with van der Waals surface area (Å²) in [6.07, 6.45) is 0. The fraction of sp³-hybridized carbons (Fsp3) is 0.526. The molecule has 0 fully saturated rings. The van der Waals surface area contributed by atoms with E-state index in [1.165, 1.54) is 4.68 Å². The molecule has 0 saturated carbocycles. The Morgan fingerprint density at radius 2 is 1.88 bits per heavy atom. The smallest absolute Gasteiger partial charge is 0.275 e. The van der Waals surface area contributed by atoms with Crippen LogP contribution >= 0.6 is 0 Å². The second-order valence-corrected chi connectivity index (χ2v) is 7.41. The molecule has 1 N–H and O–H groups in total. The van der Waals surface area contributed by atoms with Crippen LogP contribution in [0.15, 0.2) is 29.1 Å². The number of aromatic nitrogens is 2. The molecule has 0 radical (unpaired) electrons. The molecule has 2 aromatic rings. The number of nitrogens with zero attached hydrogens (tertiary/aromatic N) is 3. The molecule has 25 heavy (non-hydrogen) atoms. The van der Waals surface area contributed by atoms with E-state index in [4.69, 9.17) is 0 Å². The SMILES string of the molecule is CCN(CC(C)(C)O)C(=O)c1nn(CC(C)C)c(=O)c2ccccc12. The fourth-order valence-corrected chi connectivity index (χ4v) is 2.81. The van der Waals surface area contributed by atoms with Crippen LogP contribution in [0.4, 0.5) is 0 Å². The Hall–Kier alpha value is -2.21. The van der Waals surface area contributed by atoms with Gasteiger partial charge in [-0.15, -0.1) is 0 Å². The van der Waals surface area contributed by atoms with Crippen molar-refractivity contribution in [3.05, 3.63) is 40.3 Å². The van der Waals surface area contributed by atoms with Crippen LogP contribution in [-0.2, 0) is 6.54 Å². The molecular weight excluding hydrogens is 318 g/mol. The summed E-state index contributed by atoms with van der Waals surface area (Å²) in [5.74, 6) is -0.0497. The molecule has 0 spiro atoms. The van der Waals surface area contributed by atoms with Crippen LogP contribution in [0.3, 0.4) is 0 Å². The normalized spacial score (nSPS) is 12.0.